The maximum Gasteiger partial charge on any atom is 0.416 e. The van der Waals surface area contributed by atoms with E-state index < -0.39 is 17.6 Å². The molecule has 1 aromatic rings. The Morgan fingerprint density at radius 3 is 2.52 bits per heavy atom. The van der Waals surface area contributed by atoms with Crippen LogP contribution in [0.2, 0.25) is 0 Å². The van der Waals surface area contributed by atoms with Gasteiger partial charge in [-0.3, -0.25) is 4.79 Å². The molecule has 2 nitrogen and oxygen atoms in total. The predicted octanol–water partition coefficient (Wildman–Crippen LogP) is 4.65. The lowest BCUT2D eigenvalue weighted by Crippen LogP contribution is -2.52. The Bertz CT molecular complexity index is 633. The van der Waals surface area contributed by atoms with E-state index in [4.69, 9.17) is 0 Å². The summed E-state index contributed by atoms with van der Waals surface area (Å²) in [6.45, 7) is 6.48. The van der Waals surface area contributed by atoms with E-state index in [0.717, 1.165) is 25.0 Å². The van der Waals surface area contributed by atoms with Crippen LogP contribution in [0.3, 0.4) is 0 Å². The summed E-state index contributed by atoms with van der Waals surface area (Å²) in [5, 5.41) is 3.03. The van der Waals surface area contributed by atoms with Gasteiger partial charge in [0.2, 0.25) is 0 Å². The number of hydrogen-bond acceptors (Lipinski definition) is 1. The summed E-state index contributed by atoms with van der Waals surface area (Å²) < 4.78 is 38.4. The highest BCUT2D eigenvalue weighted by Gasteiger charge is 2.59. The predicted molar refractivity (Wildman–Crippen MR) is 81.9 cm³/mol. The van der Waals surface area contributed by atoms with E-state index in [1.54, 1.807) is 0 Å². The molecule has 1 aromatic carbocycles. The standard InChI is InChI=1S/C18H22F3NO/c1-16(2)13-7-8-17(3,10-13)15(16)22-14(23)11-5-4-6-12(9-11)18(19,20)21/h4-6,9,13,15H,7-8,10H2,1-3H3,(H,22,23). The molecule has 3 unspecified atom stereocenters. The number of fused-ring (bicyclic) bond motifs is 2. The zero-order chi connectivity index (χ0) is 17.0. The number of nitrogens with one attached hydrogen (secondary N) is 1. The van der Waals surface area contributed by atoms with E-state index in [1.807, 2.05) is 0 Å². The molecule has 23 heavy (non-hydrogen) atoms. The highest BCUT2D eigenvalue weighted by molar-refractivity contribution is 5.94. The molecule has 3 rings (SSSR count). The second-order valence-corrected chi connectivity index (χ2v) is 7.90. The lowest BCUT2D eigenvalue weighted by Gasteiger charge is -2.43. The van der Waals surface area contributed by atoms with E-state index in [2.05, 4.69) is 26.1 Å². The van der Waals surface area contributed by atoms with Crippen molar-refractivity contribution >= 4 is 5.91 Å². The summed E-state index contributed by atoms with van der Waals surface area (Å²) in [6, 6.07) is 4.63. The third-order valence-electron chi connectivity index (χ3n) is 6.00. The molecule has 1 N–H and O–H groups in total. The average molecular weight is 325 g/mol. The molecule has 5 heteroatoms. The molecule has 0 saturated heterocycles. The number of carbonyl (C=O) groups is 1. The molecule has 126 valence electrons. The van der Waals surface area contributed by atoms with Gasteiger partial charge < -0.3 is 5.32 Å². The molecule has 0 radical (unpaired) electrons. The van der Waals surface area contributed by atoms with Gasteiger partial charge in [-0.2, -0.15) is 13.2 Å². The topological polar surface area (TPSA) is 29.1 Å². The first-order valence-corrected chi connectivity index (χ1v) is 8.02. The summed E-state index contributed by atoms with van der Waals surface area (Å²) in [5.41, 5.74) is -0.693. The SMILES string of the molecule is CC12CCC(C1)C(C)(C)C2NC(=O)c1cccc(C(F)(F)F)c1. The van der Waals surface area contributed by atoms with Gasteiger partial charge in [-0.25, -0.2) is 0 Å². The molecular formula is C18H22F3NO. The van der Waals surface area contributed by atoms with Gasteiger partial charge in [0.05, 0.1) is 5.56 Å². The number of halogens is 3. The van der Waals surface area contributed by atoms with Gasteiger partial charge >= 0.3 is 6.18 Å². The maximum absolute atomic E-state index is 12.8. The highest BCUT2D eigenvalue weighted by atomic mass is 19.4. The first-order valence-electron chi connectivity index (χ1n) is 8.02. The Kier molecular flexibility index (Phi) is 3.54. The molecular weight excluding hydrogens is 303 g/mol. The Morgan fingerprint density at radius 2 is 1.96 bits per heavy atom. The van der Waals surface area contributed by atoms with Crippen molar-refractivity contribution in [1.29, 1.82) is 0 Å². The quantitative estimate of drug-likeness (QED) is 0.842. The van der Waals surface area contributed by atoms with Gasteiger partial charge in [0.15, 0.2) is 0 Å². The Balaban J connectivity index is 1.83. The van der Waals surface area contributed by atoms with E-state index in [9.17, 15) is 18.0 Å². The number of alkyl halides is 3. The minimum atomic E-state index is -4.44. The molecule has 2 bridgehead atoms. The lowest BCUT2D eigenvalue weighted by atomic mass is 9.68. The van der Waals surface area contributed by atoms with Gasteiger partial charge in [-0.1, -0.05) is 26.8 Å². The number of benzene rings is 1. The number of hydrogen-bond donors (Lipinski definition) is 1. The fourth-order valence-corrected chi connectivity index (χ4v) is 4.71. The van der Waals surface area contributed by atoms with Crippen LogP contribution in [-0.2, 0) is 6.18 Å². The van der Waals surface area contributed by atoms with E-state index in [-0.39, 0.29) is 22.4 Å². The molecule has 2 aliphatic rings. The van der Waals surface area contributed by atoms with Crippen molar-refractivity contribution in [3.05, 3.63) is 35.4 Å². The van der Waals surface area contributed by atoms with Crippen molar-refractivity contribution in [2.45, 2.75) is 52.3 Å². The van der Waals surface area contributed by atoms with Crippen LogP contribution in [0.25, 0.3) is 0 Å². The van der Waals surface area contributed by atoms with E-state index in [1.165, 1.54) is 18.6 Å². The van der Waals surface area contributed by atoms with Crippen molar-refractivity contribution in [2.75, 3.05) is 0 Å². The van der Waals surface area contributed by atoms with Crippen molar-refractivity contribution in [3.8, 4) is 0 Å². The summed E-state index contributed by atoms with van der Waals surface area (Å²) >= 11 is 0. The molecule has 0 aliphatic heterocycles. The highest BCUT2D eigenvalue weighted by Crippen LogP contribution is 2.62. The number of amides is 1. The third-order valence-corrected chi connectivity index (χ3v) is 6.00. The maximum atomic E-state index is 12.8. The first-order chi connectivity index (χ1) is 10.5. The zero-order valence-electron chi connectivity index (χ0n) is 13.6. The van der Waals surface area contributed by atoms with Crippen LogP contribution in [0.5, 0.6) is 0 Å². The second kappa shape index (κ2) is 4.99. The monoisotopic (exact) mass is 325 g/mol. The molecule has 0 spiro atoms. The van der Waals surface area contributed by atoms with Gasteiger partial charge in [0.25, 0.3) is 5.91 Å². The summed E-state index contributed by atoms with van der Waals surface area (Å²) in [7, 11) is 0. The molecule has 0 heterocycles. The van der Waals surface area contributed by atoms with Gasteiger partial charge in [-0.15, -0.1) is 0 Å². The van der Waals surface area contributed by atoms with Crippen molar-refractivity contribution < 1.29 is 18.0 Å². The van der Waals surface area contributed by atoms with E-state index in [0.29, 0.717) is 5.92 Å². The van der Waals surface area contributed by atoms with Crippen LogP contribution >= 0.6 is 0 Å². The molecule has 0 aromatic heterocycles. The van der Waals surface area contributed by atoms with Crippen LogP contribution in [0.15, 0.2) is 24.3 Å². The Hall–Kier alpha value is -1.52. The van der Waals surface area contributed by atoms with Crippen LogP contribution in [0.4, 0.5) is 13.2 Å². The van der Waals surface area contributed by atoms with Crippen molar-refractivity contribution in [1.82, 2.24) is 5.32 Å². The fraction of sp³-hybridized carbons (Fsp3) is 0.611. The second-order valence-electron chi connectivity index (χ2n) is 7.90. The molecule has 2 fully saturated rings. The van der Waals surface area contributed by atoms with Crippen LogP contribution < -0.4 is 5.32 Å². The van der Waals surface area contributed by atoms with Gasteiger partial charge in [0.1, 0.15) is 0 Å². The first kappa shape index (κ1) is 16.3. The molecule has 1 amide bonds. The lowest BCUT2D eigenvalue weighted by molar-refractivity contribution is -0.137. The van der Waals surface area contributed by atoms with Gasteiger partial charge in [-0.05, 0) is 54.2 Å². The smallest absolute Gasteiger partial charge is 0.348 e. The summed E-state index contributed by atoms with van der Waals surface area (Å²) in [5.74, 6) is 0.155. The van der Waals surface area contributed by atoms with Crippen LogP contribution in [-0.4, -0.2) is 11.9 Å². The Labute approximate surface area is 134 Å². The Morgan fingerprint density at radius 1 is 1.26 bits per heavy atom. The van der Waals surface area contributed by atoms with Crippen molar-refractivity contribution in [2.24, 2.45) is 16.7 Å². The van der Waals surface area contributed by atoms with Crippen LogP contribution in [0.1, 0.15) is 56.0 Å². The zero-order valence-corrected chi connectivity index (χ0v) is 13.6. The fourth-order valence-electron chi connectivity index (χ4n) is 4.71. The average Bonchev–Trinajstić information content (AvgIpc) is 2.94. The van der Waals surface area contributed by atoms with Gasteiger partial charge in [0, 0.05) is 11.6 Å². The summed E-state index contributed by atoms with van der Waals surface area (Å²) in [4.78, 5) is 12.5. The molecule has 2 saturated carbocycles. The number of rotatable bonds is 2. The largest absolute Gasteiger partial charge is 0.416 e. The third kappa shape index (κ3) is 2.64. The number of carbonyl (C=O) groups excluding carboxylic acids is 1. The van der Waals surface area contributed by atoms with Crippen molar-refractivity contribution in [3.63, 3.8) is 0 Å². The van der Waals surface area contributed by atoms with Crippen LogP contribution in [0, 0.1) is 16.7 Å². The van der Waals surface area contributed by atoms with E-state index >= 15 is 0 Å². The molecule has 2 aliphatic carbocycles. The minimum Gasteiger partial charge on any atom is -0.348 e. The molecule has 3 atom stereocenters. The normalized spacial score (nSPS) is 32.1. The minimum absolute atomic E-state index is 0.00390. The summed E-state index contributed by atoms with van der Waals surface area (Å²) in [6.07, 6.45) is -1.13.